The Balaban J connectivity index is 1.98. The van der Waals surface area contributed by atoms with E-state index in [1.165, 1.54) is 0 Å². The van der Waals surface area contributed by atoms with Gasteiger partial charge >= 0.3 is 12.0 Å². The fraction of sp³-hybridized carbons (Fsp3) is 0.533. The number of carbonyl (C=O) groups excluding carboxylic acids is 1. The first-order valence-corrected chi connectivity index (χ1v) is 7.16. The zero-order chi connectivity index (χ0) is 15.4. The Bertz CT molecular complexity index is 506. The predicted molar refractivity (Wildman–Crippen MR) is 77.7 cm³/mol. The number of hydrogen-bond donors (Lipinski definition) is 2. The Kier molecular flexibility index (Phi) is 4.77. The Hall–Kier alpha value is -2.11. The van der Waals surface area contributed by atoms with Crippen LogP contribution in [0, 0.1) is 11.8 Å². The molecule has 0 bridgehead atoms. The van der Waals surface area contributed by atoms with Gasteiger partial charge in [-0.25, -0.2) is 4.79 Å². The van der Waals surface area contributed by atoms with E-state index in [0.29, 0.717) is 13.0 Å². The summed E-state index contributed by atoms with van der Waals surface area (Å²) in [6, 6.07) is 5.10. The molecule has 1 aromatic rings. The number of carboxylic acids is 1. The Morgan fingerprint density at radius 2 is 2.19 bits per heavy atom. The maximum absolute atomic E-state index is 12.3. The van der Waals surface area contributed by atoms with Crippen LogP contribution in [0.25, 0.3) is 0 Å². The van der Waals surface area contributed by atoms with Crippen LogP contribution in [0.2, 0.25) is 0 Å². The molecule has 21 heavy (non-hydrogen) atoms. The monoisotopic (exact) mass is 291 g/mol. The summed E-state index contributed by atoms with van der Waals surface area (Å²) in [5.74, 6) is -1.13. The summed E-state index contributed by atoms with van der Waals surface area (Å²) in [7, 11) is 0. The van der Waals surface area contributed by atoms with E-state index in [2.05, 4.69) is 10.3 Å². The van der Waals surface area contributed by atoms with Crippen LogP contribution in [-0.2, 0) is 4.79 Å². The van der Waals surface area contributed by atoms with Gasteiger partial charge in [0.25, 0.3) is 0 Å². The lowest BCUT2D eigenvalue weighted by Crippen LogP contribution is -2.49. The Labute approximate surface area is 124 Å². The molecule has 1 aliphatic rings. The average Bonchev–Trinajstić information content (AvgIpc) is 2.47. The molecule has 1 fully saturated rings. The lowest BCUT2D eigenvalue weighted by molar-refractivity contribution is -0.143. The number of piperidine rings is 1. The number of aliphatic carboxylic acids is 1. The fourth-order valence-corrected chi connectivity index (χ4v) is 2.68. The van der Waals surface area contributed by atoms with Gasteiger partial charge in [0.1, 0.15) is 0 Å². The minimum atomic E-state index is -0.836. The molecule has 114 valence electrons. The van der Waals surface area contributed by atoms with Gasteiger partial charge in [0.15, 0.2) is 0 Å². The molecule has 3 atom stereocenters. The standard InChI is InChI=1S/C15H21N3O3/c1-10-7-12(14(19)20)9-18(8-10)15(21)17-11(2)13-5-3-4-6-16-13/h3-6,10-12H,7-9H2,1-2H3,(H,17,21)(H,19,20). The molecule has 2 amide bonds. The minimum Gasteiger partial charge on any atom is -0.481 e. The van der Waals surface area contributed by atoms with Crippen molar-refractivity contribution < 1.29 is 14.7 Å². The molecule has 0 aromatic carbocycles. The highest BCUT2D eigenvalue weighted by Crippen LogP contribution is 2.22. The van der Waals surface area contributed by atoms with Crippen LogP contribution < -0.4 is 5.32 Å². The number of carboxylic acid groups (broad SMARTS) is 1. The number of pyridine rings is 1. The zero-order valence-corrected chi connectivity index (χ0v) is 12.3. The van der Waals surface area contributed by atoms with Gasteiger partial charge in [-0.2, -0.15) is 0 Å². The topological polar surface area (TPSA) is 82.5 Å². The highest BCUT2D eigenvalue weighted by Gasteiger charge is 2.32. The number of urea groups is 1. The predicted octanol–water partition coefficient (Wildman–Crippen LogP) is 1.89. The van der Waals surface area contributed by atoms with Crippen LogP contribution in [0.15, 0.2) is 24.4 Å². The quantitative estimate of drug-likeness (QED) is 0.891. The second-order valence-corrected chi connectivity index (χ2v) is 5.71. The van der Waals surface area contributed by atoms with Gasteiger partial charge in [-0.05, 0) is 31.4 Å². The summed E-state index contributed by atoms with van der Waals surface area (Å²) >= 11 is 0. The van der Waals surface area contributed by atoms with E-state index in [4.69, 9.17) is 5.11 Å². The first-order chi connectivity index (χ1) is 9.97. The van der Waals surface area contributed by atoms with Crippen LogP contribution in [0.5, 0.6) is 0 Å². The molecule has 0 aliphatic carbocycles. The van der Waals surface area contributed by atoms with E-state index in [9.17, 15) is 9.59 Å². The van der Waals surface area contributed by atoms with Gasteiger partial charge in [0, 0.05) is 19.3 Å². The van der Waals surface area contributed by atoms with E-state index in [0.717, 1.165) is 5.69 Å². The van der Waals surface area contributed by atoms with Crippen molar-refractivity contribution in [2.45, 2.75) is 26.3 Å². The van der Waals surface area contributed by atoms with Crippen LogP contribution in [0.4, 0.5) is 4.79 Å². The SMILES string of the molecule is CC1CC(C(=O)O)CN(C(=O)NC(C)c2ccccn2)C1. The van der Waals surface area contributed by atoms with Crippen LogP contribution in [0.1, 0.15) is 32.0 Å². The minimum absolute atomic E-state index is 0.191. The van der Waals surface area contributed by atoms with E-state index >= 15 is 0 Å². The van der Waals surface area contributed by atoms with Crippen molar-refractivity contribution in [2.75, 3.05) is 13.1 Å². The number of rotatable bonds is 3. The molecular formula is C15H21N3O3. The van der Waals surface area contributed by atoms with Crippen LogP contribution in [-0.4, -0.2) is 40.1 Å². The van der Waals surface area contributed by atoms with Crippen molar-refractivity contribution in [2.24, 2.45) is 11.8 Å². The first-order valence-electron chi connectivity index (χ1n) is 7.16. The molecule has 2 rings (SSSR count). The Morgan fingerprint density at radius 3 is 2.81 bits per heavy atom. The second kappa shape index (κ2) is 6.56. The lowest BCUT2D eigenvalue weighted by Gasteiger charge is -2.35. The van der Waals surface area contributed by atoms with Gasteiger partial charge in [-0.3, -0.25) is 9.78 Å². The normalized spacial score (nSPS) is 23.4. The smallest absolute Gasteiger partial charge is 0.317 e. The molecule has 0 radical (unpaired) electrons. The van der Waals surface area contributed by atoms with Gasteiger partial charge < -0.3 is 15.3 Å². The third-order valence-electron chi connectivity index (χ3n) is 3.77. The molecule has 0 saturated carbocycles. The fourth-order valence-electron chi connectivity index (χ4n) is 2.68. The largest absolute Gasteiger partial charge is 0.481 e. The number of amides is 2. The molecule has 0 spiro atoms. The molecular weight excluding hydrogens is 270 g/mol. The number of nitrogens with one attached hydrogen (secondary N) is 1. The maximum atomic E-state index is 12.3. The third kappa shape index (κ3) is 3.93. The Morgan fingerprint density at radius 1 is 1.43 bits per heavy atom. The van der Waals surface area contributed by atoms with Crippen molar-refractivity contribution in [1.82, 2.24) is 15.2 Å². The summed E-state index contributed by atoms with van der Waals surface area (Å²) in [6.07, 6.45) is 2.30. The van der Waals surface area contributed by atoms with Crippen molar-refractivity contribution >= 4 is 12.0 Å². The van der Waals surface area contributed by atoms with Gasteiger partial charge in [0.05, 0.1) is 17.7 Å². The maximum Gasteiger partial charge on any atom is 0.317 e. The van der Waals surface area contributed by atoms with Crippen molar-refractivity contribution in [3.05, 3.63) is 30.1 Å². The summed E-state index contributed by atoms with van der Waals surface area (Å²) in [5.41, 5.74) is 0.783. The van der Waals surface area contributed by atoms with E-state index in [1.807, 2.05) is 32.0 Å². The molecule has 6 nitrogen and oxygen atoms in total. The van der Waals surface area contributed by atoms with Gasteiger partial charge in [0.2, 0.25) is 0 Å². The summed E-state index contributed by atoms with van der Waals surface area (Å²) in [4.78, 5) is 29.2. The first kappa shape index (κ1) is 15.3. The molecule has 3 unspecified atom stereocenters. The molecule has 6 heteroatoms. The molecule has 1 aliphatic heterocycles. The van der Waals surface area contributed by atoms with E-state index in [1.54, 1.807) is 11.1 Å². The molecule has 2 heterocycles. The number of nitrogens with zero attached hydrogens (tertiary/aromatic N) is 2. The van der Waals surface area contributed by atoms with Crippen molar-refractivity contribution in [1.29, 1.82) is 0 Å². The van der Waals surface area contributed by atoms with E-state index in [-0.39, 0.29) is 24.5 Å². The van der Waals surface area contributed by atoms with Crippen molar-refractivity contribution in [3.8, 4) is 0 Å². The molecule has 1 saturated heterocycles. The lowest BCUT2D eigenvalue weighted by atomic mass is 9.91. The number of carbonyl (C=O) groups is 2. The van der Waals surface area contributed by atoms with Crippen LogP contribution in [0.3, 0.4) is 0 Å². The summed E-state index contributed by atoms with van der Waals surface area (Å²) in [5, 5.41) is 12.0. The second-order valence-electron chi connectivity index (χ2n) is 5.71. The van der Waals surface area contributed by atoms with Gasteiger partial charge in [-0.1, -0.05) is 13.0 Å². The zero-order valence-electron chi connectivity index (χ0n) is 12.3. The highest BCUT2D eigenvalue weighted by atomic mass is 16.4. The average molecular weight is 291 g/mol. The van der Waals surface area contributed by atoms with Crippen molar-refractivity contribution in [3.63, 3.8) is 0 Å². The van der Waals surface area contributed by atoms with Crippen LogP contribution >= 0.6 is 0 Å². The number of aromatic nitrogens is 1. The van der Waals surface area contributed by atoms with E-state index < -0.39 is 11.9 Å². The summed E-state index contributed by atoms with van der Waals surface area (Å²) in [6.45, 7) is 4.69. The number of hydrogen-bond acceptors (Lipinski definition) is 3. The summed E-state index contributed by atoms with van der Waals surface area (Å²) < 4.78 is 0. The molecule has 2 N–H and O–H groups in total. The van der Waals surface area contributed by atoms with Gasteiger partial charge in [-0.15, -0.1) is 0 Å². The third-order valence-corrected chi connectivity index (χ3v) is 3.77. The highest BCUT2D eigenvalue weighted by molar-refractivity contribution is 5.77. The number of likely N-dealkylation sites (tertiary alicyclic amines) is 1. The molecule has 1 aromatic heterocycles.